The maximum absolute atomic E-state index is 10.4. The van der Waals surface area contributed by atoms with Crippen molar-refractivity contribution in [2.45, 2.75) is 33.6 Å². The van der Waals surface area contributed by atoms with Crippen LogP contribution in [0.5, 0.6) is 0 Å². The van der Waals surface area contributed by atoms with Crippen molar-refractivity contribution in [3.05, 3.63) is 23.3 Å². The fraction of sp³-hybridized carbons (Fsp3) is 0.545. The average molecular weight is 180 g/mol. The van der Waals surface area contributed by atoms with Crippen LogP contribution in [0.25, 0.3) is 0 Å². The van der Waals surface area contributed by atoms with Crippen LogP contribution in [0.1, 0.15) is 33.6 Å². The van der Waals surface area contributed by atoms with Crippen LogP contribution in [-0.2, 0) is 4.79 Å². The van der Waals surface area contributed by atoms with Crippen LogP contribution < -0.4 is 0 Å². The summed E-state index contributed by atoms with van der Waals surface area (Å²) in [5.41, 5.74) is 2.70. The lowest BCUT2D eigenvalue weighted by Crippen LogP contribution is -2.10. The molecular weight excluding hydrogens is 164 g/mol. The number of carboxylic acid groups (broad SMARTS) is 1. The summed E-state index contributed by atoms with van der Waals surface area (Å²) in [7, 11) is 0. The largest absolute Gasteiger partial charge is 0.478 e. The maximum atomic E-state index is 10.4. The normalized spacial score (nSPS) is 28.8. The van der Waals surface area contributed by atoms with E-state index in [1.54, 1.807) is 6.08 Å². The third kappa shape index (κ3) is 2.00. The van der Waals surface area contributed by atoms with E-state index in [4.69, 9.17) is 5.11 Å². The fourth-order valence-corrected chi connectivity index (χ4v) is 1.77. The molecule has 13 heavy (non-hydrogen) atoms. The predicted octanol–water partition coefficient (Wildman–Crippen LogP) is 2.76. The van der Waals surface area contributed by atoms with Crippen LogP contribution in [0.4, 0.5) is 0 Å². The van der Waals surface area contributed by atoms with Gasteiger partial charge in [-0.25, -0.2) is 4.79 Å². The van der Waals surface area contributed by atoms with E-state index in [1.165, 1.54) is 17.2 Å². The summed E-state index contributed by atoms with van der Waals surface area (Å²) in [6, 6.07) is 0. The molecule has 1 aliphatic carbocycles. The lowest BCUT2D eigenvalue weighted by molar-refractivity contribution is -0.131. The second-order valence-electron chi connectivity index (χ2n) is 3.99. The van der Waals surface area contributed by atoms with E-state index in [0.717, 1.165) is 12.8 Å². The summed E-state index contributed by atoms with van der Waals surface area (Å²) in [4.78, 5) is 10.4. The monoisotopic (exact) mass is 180 g/mol. The van der Waals surface area contributed by atoms with E-state index < -0.39 is 5.97 Å². The zero-order valence-corrected chi connectivity index (χ0v) is 8.42. The van der Waals surface area contributed by atoms with Gasteiger partial charge in [-0.05, 0) is 26.7 Å². The molecule has 0 saturated carbocycles. The van der Waals surface area contributed by atoms with Gasteiger partial charge >= 0.3 is 5.97 Å². The van der Waals surface area contributed by atoms with Gasteiger partial charge in [0.15, 0.2) is 0 Å². The number of carbonyl (C=O) groups is 1. The molecule has 1 rings (SSSR count). The minimum atomic E-state index is -0.862. The highest BCUT2D eigenvalue weighted by Crippen LogP contribution is 2.43. The Morgan fingerprint density at radius 1 is 1.54 bits per heavy atom. The molecule has 0 aromatic heterocycles. The van der Waals surface area contributed by atoms with Crippen LogP contribution in [0, 0.1) is 5.41 Å². The molecule has 0 aromatic carbocycles. The number of aliphatic carboxylic acids is 1. The molecule has 0 radical (unpaired) electrons. The molecule has 1 atom stereocenters. The molecule has 72 valence electrons. The molecule has 0 amide bonds. The summed E-state index contributed by atoms with van der Waals surface area (Å²) in [6.07, 6.45) is 5.18. The molecule has 2 heteroatoms. The number of carboxylic acids is 1. The Bertz CT molecular complexity index is 286. The average Bonchev–Trinajstić information content (AvgIpc) is 2.31. The van der Waals surface area contributed by atoms with Crippen molar-refractivity contribution in [2.24, 2.45) is 5.41 Å². The Hall–Kier alpha value is -1.05. The minimum absolute atomic E-state index is 0.0253. The van der Waals surface area contributed by atoms with Gasteiger partial charge in [0, 0.05) is 11.5 Å². The van der Waals surface area contributed by atoms with Gasteiger partial charge < -0.3 is 5.11 Å². The Kier molecular flexibility index (Phi) is 2.60. The van der Waals surface area contributed by atoms with Crippen LogP contribution in [0.3, 0.4) is 0 Å². The SMILES string of the molecule is CC1=C(C)C(C)(/C=C/C(=O)O)CC1. The van der Waals surface area contributed by atoms with Gasteiger partial charge in [0.05, 0.1) is 0 Å². The molecule has 1 aliphatic rings. The molecule has 1 N–H and O–H groups in total. The number of rotatable bonds is 2. The van der Waals surface area contributed by atoms with Crippen LogP contribution in [0.15, 0.2) is 23.3 Å². The third-order valence-corrected chi connectivity index (χ3v) is 3.11. The number of hydrogen-bond donors (Lipinski definition) is 1. The first-order valence-electron chi connectivity index (χ1n) is 4.55. The lowest BCUT2D eigenvalue weighted by Gasteiger charge is -2.21. The van der Waals surface area contributed by atoms with Gasteiger partial charge in [0.1, 0.15) is 0 Å². The van der Waals surface area contributed by atoms with Crippen molar-refractivity contribution in [1.29, 1.82) is 0 Å². The van der Waals surface area contributed by atoms with E-state index in [-0.39, 0.29) is 5.41 Å². The molecule has 2 nitrogen and oxygen atoms in total. The van der Waals surface area contributed by atoms with E-state index in [0.29, 0.717) is 0 Å². The van der Waals surface area contributed by atoms with E-state index >= 15 is 0 Å². The van der Waals surface area contributed by atoms with Crippen molar-refractivity contribution in [3.8, 4) is 0 Å². The summed E-state index contributed by atoms with van der Waals surface area (Å²) in [5.74, 6) is -0.862. The lowest BCUT2D eigenvalue weighted by atomic mass is 9.83. The summed E-state index contributed by atoms with van der Waals surface area (Å²) in [6.45, 7) is 6.31. The highest BCUT2D eigenvalue weighted by atomic mass is 16.4. The van der Waals surface area contributed by atoms with E-state index in [1.807, 2.05) is 0 Å². The first-order chi connectivity index (χ1) is 5.96. The third-order valence-electron chi connectivity index (χ3n) is 3.11. The van der Waals surface area contributed by atoms with Crippen molar-refractivity contribution < 1.29 is 9.90 Å². The van der Waals surface area contributed by atoms with Crippen LogP contribution in [0.2, 0.25) is 0 Å². The summed E-state index contributed by atoms with van der Waals surface area (Å²) >= 11 is 0. The van der Waals surface area contributed by atoms with Crippen molar-refractivity contribution in [3.63, 3.8) is 0 Å². The quantitative estimate of drug-likeness (QED) is 0.524. The molecule has 0 spiro atoms. The van der Waals surface area contributed by atoms with E-state index in [9.17, 15) is 4.79 Å². The highest BCUT2D eigenvalue weighted by molar-refractivity contribution is 5.80. The molecule has 0 saturated heterocycles. The van der Waals surface area contributed by atoms with Gasteiger partial charge in [-0.3, -0.25) is 0 Å². The summed E-state index contributed by atoms with van der Waals surface area (Å²) in [5, 5.41) is 8.54. The van der Waals surface area contributed by atoms with E-state index in [2.05, 4.69) is 20.8 Å². The van der Waals surface area contributed by atoms with Crippen molar-refractivity contribution in [2.75, 3.05) is 0 Å². The van der Waals surface area contributed by atoms with Gasteiger partial charge in [0.25, 0.3) is 0 Å². The standard InChI is InChI=1S/C11H16O2/c1-8-4-6-11(3,9(8)2)7-5-10(12)13/h5,7H,4,6H2,1-3H3,(H,12,13)/b7-5+. The van der Waals surface area contributed by atoms with Gasteiger partial charge in [-0.2, -0.15) is 0 Å². The molecule has 0 fully saturated rings. The fourth-order valence-electron chi connectivity index (χ4n) is 1.77. The first kappa shape index (κ1) is 10.0. The second-order valence-corrected chi connectivity index (χ2v) is 3.99. The molecule has 0 heterocycles. The number of hydrogen-bond acceptors (Lipinski definition) is 1. The Morgan fingerprint density at radius 2 is 2.15 bits per heavy atom. The first-order valence-corrected chi connectivity index (χ1v) is 4.55. The van der Waals surface area contributed by atoms with Crippen molar-refractivity contribution in [1.82, 2.24) is 0 Å². The highest BCUT2D eigenvalue weighted by Gasteiger charge is 2.29. The van der Waals surface area contributed by atoms with Crippen LogP contribution >= 0.6 is 0 Å². The maximum Gasteiger partial charge on any atom is 0.328 e. The molecule has 0 bridgehead atoms. The van der Waals surface area contributed by atoms with Gasteiger partial charge in [-0.15, -0.1) is 0 Å². The Labute approximate surface area is 79.0 Å². The van der Waals surface area contributed by atoms with Gasteiger partial charge in [0.2, 0.25) is 0 Å². The summed E-state index contributed by atoms with van der Waals surface area (Å²) < 4.78 is 0. The van der Waals surface area contributed by atoms with Crippen molar-refractivity contribution >= 4 is 5.97 Å². The van der Waals surface area contributed by atoms with Gasteiger partial charge in [-0.1, -0.05) is 24.1 Å². The predicted molar refractivity (Wildman–Crippen MR) is 52.5 cm³/mol. The minimum Gasteiger partial charge on any atom is -0.478 e. The molecule has 0 aliphatic heterocycles. The molecule has 1 unspecified atom stereocenters. The zero-order chi connectivity index (χ0) is 10.1. The van der Waals surface area contributed by atoms with Crippen LogP contribution in [-0.4, -0.2) is 11.1 Å². The molecule has 0 aromatic rings. The smallest absolute Gasteiger partial charge is 0.328 e. The Balaban J connectivity index is 2.85. The number of allylic oxidation sites excluding steroid dienone is 3. The molecular formula is C11H16O2. The Morgan fingerprint density at radius 3 is 2.54 bits per heavy atom. The topological polar surface area (TPSA) is 37.3 Å². The zero-order valence-electron chi connectivity index (χ0n) is 8.42. The second kappa shape index (κ2) is 3.36.